The first kappa shape index (κ1) is 25.4. The first-order valence-corrected chi connectivity index (χ1v) is 13.3. The van der Waals surface area contributed by atoms with Crippen LogP contribution in [-0.2, 0) is 14.8 Å². The van der Waals surface area contributed by atoms with Gasteiger partial charge in [0.1, 0.15) is 0 Å². The van der Waals surface area contributed by atoms with Crippen LogP contribution in [0.5, 0.6) is 0 Å². The third-order valence-corrected chi connectivity index (χ3v) is 7.46. The van der Waals surface area contributed by atoms with Crippen LogP contribution in [0.2, 0.25) is 0 Å². The van der Waals surface area contributed by atoms with Crippen molar-refractivity contribution < 1.29 is 13.2 Å². The molecule has 2 heterocycles. The number of guanidine groups is 1. The number of rotatable bonds is 10. The van der Waals surface area contributed by atoms with Crippen LogP contribution in [0.15, 0.2) is 4.99 Å². The van der Waals surface area contributed by atoms with Crippen LogP contribution in [-0.4, -0.2) is 106 Å². The van der Waals surface area contributed by atoms with Crippen molar-refractivity contribution in [3.05, 3.63) is 0 Å². The van der Waals surface area contributed by atoms with Gasteiger partial charge in [0.2, 0.25) is 10.0 Å². The summed E-state index contributed by atoms with van der Waals surface area (Å²) in [4.78, 5) is 9.62. The Bertz CT molecular complexity index is 612. The Hall–Kier alpha value is -0.900. The SMILES string of the molecule is CCNC(=NCC(C)CN1CCCCC1)N1CCN(S(=O)(=O)CCOC(C)C)CC1. The molecule has 176 valence electrons. The summed E-state index contributed by atoms with van der Waals surface area (Å²) in [6.45, 7) is 15.9. The highest BCUT2D eigenvalue weighted by atomic mass is 32.2. The predicted molar refractivity (Wildman–Crippen MR) is 123 cm³/mol. The van der Waals surface area contributed by atoms with Crippen LogP contribution in [0.3, 0.4) is 0 Å². The molecule has 1 atom stereocenters. The summed E-state index contributed by atoms with van der Waals surface area (Å²) >= 11 is 0. The second-order valence-corrected chi connectivity index (χ2v) is 10.9. The summed E-state index contributed by atoms with van der Waals surface area (Å²) in [7, 11) is -3.27. The summed E-state index contributed by atoms with van der Waals surface area (Å²) < 4.78 is 32.1. The fourth-order valence-electron chi connectivity index (χ4n) is 4.00. The molecule has 1 N–H and O–H groups in total. The van der Waals surface area contributed by atoms with Crippen molar-refractivity contribution in [2.24, 2.45) is 10.9 Å². The number of ether oxygens (including phenoxy) is 1. The van der Waals surface area contributed by atoms with Gasteiger partial charge in [-0.2, -0.15) is 4.31 Å². The number of sulfonamides is 1. The molecule has 0 aromatic rings. The Morgan fingerprint density at radius 1 is 1.03 bits per heavy atom. The third-order valence-electron chi connectivity index (χ3n) is 5.63. The number of piperazine rings is 1. The second-order valence-electron chi connectivity index (χ2n) is 8.78. The van der Waals surface area contributed by atoms with Gasteiger partial charge in [-0.1, -0.05) is 13.3 Å². The molecular formula is C21H43N5O3S. The minimum absolute atomic E-state index is 0.0490. The van der Waals surface area contributed by atoms with Gasteiger partial charge in [-0.05, 0) is 52.6 Å². The average Bonchev–Trinajstić information content (AvgIpc) is 2.71. The number of likely N-dealkylation sites (tertiary alicyclic amines) is 1. The molecule has 0 aliphatic carbocycles. The number of hydrogen-bond acceptors (Lipinski definition) is 5. The maximum Gasteiger partial charge on any atom is 0.216 e. The normalized spacial score (nSPS) is 21.2. The van der Waals surface area contributed by atoms with Crippen molar-refractivity contribution in [3.63, 3.8) is 0 Å². The van der Waals surface area contributed by atoms with Gasteiger partial charge in [-0.25, -0.2) is 8.42 Å². The van der Waals surface area contributed by atoms with Gasteiger partial charge in [0.25, 0.3) is 0 Å². The molecule has 0 spiro atoms. The van der Waals surface area contributed by atoms with Gasteiger partial charge in [-0.3, -0.25) is 4.99 Å². The molecule has 2 saturated heterocycles. The van der Waals surface area contributed by atoms with Crippen LogP contribution < -0.4 is 5.32 Å². The standard InChI is InChI=1S/C21H43N5O3S/c1-5-22-21(23-17-20(4)18-24-9-7-6-8-10-24)25-11-13-26(14-12-25)30(27,28)16-15-29-19(2)3/h19-20H,5-18H2,1-4H3,(H,22,23). The van der Waals surface area contributed by atoms with Crippen molar-refractivity contribution in [2.75, 3.05) is 71.3 Å². The second kappa shape index (κ2) is 12.8. The van der Waals surface area contributed by atoms with Crippen molar-refractivity contribution in [1.82, 2.24) is 19.4 Å². The van der Waals surface area contributed by atoms with Crippen molar-refractivity contribution in [1.29, 1.82) is 0 Å². The van der Waals surface area contributed by atoms with Crippen LogP contribution in [0.25, 0.3) is 0 Å². The van der Waals surface area contributed by atoms with Gasteiger partial charge in [0.15, 0.2) is 5.96 Å². The van der Waals surface area contributed by atoms with E-state index in [9.17, 15) is 8.42 Å². The molecule has 30 heavy (non-hydrogen) atoms. The fraction of sp³-hybridized carbons (Fsp3) is 0.952. The largest absolute Gasteiger partial charge is 0.378 e. The van der Waals surface area contributed by atoms with Crippen molar-refractivity contribution in [2.45, 2.75) is 53.1 Å². The van der Waals surface area contributed by atoms with Crippen LogP contribution in [0.4, 0.5) is 0 Å². The molecule has 0 radical (unpaired) electrons. The molecule has 0 amide bonds. The molecule has 0 saturated carbocycles. The lowest BCUT2D eigenvalue weighted by Crippen LogP contribution is -2.54. The van der Waals surface area contributed by atoms with E-state index in [1.807, 2.05) is 13.8 Å². The highest BCUT2D eigenvalue weighted by Gasteiger charge is 2.28. The Labute approximate surface area is 184 Å². The van der Waals surface area contributed by atoms with E-state index in [1.165, 1.54) is 32.4 Å². The zero-order chi connectivity index (χ0) is 22.0. The van der Waals surface area contributed by atoms with E-state index in [0.29, 0.717) is 32.1 Å². The first-order valence-electron chi connectivity index (χ1n) is 11.7. The number of nitrogens with zero attached hydrogens (tertiary/aromatic N) is 4. The van der Waals surface area contributed by atoms with E-state index in [1.54, 1.807) is 4.31 Å². The monoisotopic (exact) mass is 445 g/mol. The summed E-state index contributed by atoms with van der Waals surface area (Å²) in [5.74, 6) is 1.47. The molecule has 2 aliphatic rings. The Balaban J connectivity index is 1.83. The van der Waals surface area contributed by atoms with Crippen LogP contribution >= 0.6 is 0 Å². The van der Waals surface area contributed by atoms with E-state index in [0.717, 1.165) is 25.6 Å². The maximum atomic E-state index is 12.6. The van der Waals surface area contributed by atoms with Gasteiger partial charge in [0.05, 0.1) is 18.5 Å². The van der Waals surface area contributed by atoms with Crippen molar-refractivity contribution in [3.8, 4) is 0 Å². The third kappa shape index (κ3) is 8.69. The Kier molecular flexibility index (Phi) is 10.8. The number of piperidine rings is 1. The smallest absolute Gasteiger partial charge is 0.216 e. The summed E-state index contributed by atoms with van der Waals surface area (Å²) in [5, 5.41) is 3.39. The highest BCUT2D eigenvalue weighted by molar-refractivity contribution is 7.89. The molecule has 9 heteroatoms. The minimum Gasteiger partial charge on any atom is -0.378 e. The average molecular weight is 446 g/mol. The fourth-order valence-corrected chi connectivity index (χ4v) is 5.29. The molecular weight excluding hydrogens is 402 g/mol. The molecule has 0 aromatic heterocycles. The number of aliphatic imine (C=N–C) groups is 1. The van der Waals surface area contributed by atoms with Gasteiger partial charge in [-0.15, -0.1) is 0 Å². The van der Waals surface area contributed by atoms with E-state index < -0.39 is 10.0 Å². The van der Waals surface area contributed by atoms with E-state index in [2.05, 4.69) is 29.0 Å². The zero-order valence-corrected chi connectivity index (χ0v) is 20.3. The van der Waals surface area contributed by atoms with Crippen molar-refractivity contribution >= 4 is 16.0 Å². The molecule has 1 unspecified atom stereocenters. The quantitative estimate of drug-likeness (QED) is 0.405. The van der Waals surface area contributed by atoms with Crippen LogP contribution in [0, 0.1) is 5.92 Å². The lowest BCUT2D eigenvalue weighted by atomic mass is 10.1. The van der Waals surface area contributed by atoms with E-state index in [-0.39, 0.29) is 18.5 Å². The van der Waals surface area contributed by atoms with E-state index in [4.69, 9.17) is 9.73 Å². The maximum absolute atomic E-state index is 12.6. The summed E-state index contributed by atoms with van der Waals surface area (Å²) in [5.41, 5.74) is 0. The predicted octanol–water partition coefficient (Wildman–Crippen LogP) is 1.45. The minimum atomic E-state index is -3.27. The van der Waals surface area contributed by atoms with Crippen LogP contribution in [0.1, 0.15) is 47.0 Å². The van der Waals surface area contributed by atoms with Gasteiger partial charge in [0, 0.05) is 45.8 Å². The molecule has 2 rings (SSSR count). The summed E-state index contributed by atoms with van der Waals surface area (Å²) in [6.07, 6.45) is 4.04. The summed E-state index contributed by atoms with van der Waals surface area (Å²) in [6, 6.07) is 0. The number of hydrogen-bond donors (Lipinski definition) is 1. The zero-order valence-electron chi connectivity index (χ0n) is 19.5. The van der Waals surface area contributed by atoms with Gasteiger partial charge < -0.3 is 19.9 Å². The molecule has 0 aromatic carbocycles. The van der Waals surface area contributed by atoms with Gasteiger partial charge >= 0.3 is 0 Å². The molecule has 2 aliphatic heterocycles. The Morgan fingerprint density at radius 3 is 2.30 bits per heavy atom. The number of nitrogens with one attached hydrogen (secondary N) is 1. The lowest BCUT2D eigenvalue weighted by molar-refractivity contribution is 0.0904. The molecule has 8 nitrogen and oxygen atoms in total. The highest BCUT2D eigenvalue weighted by Crippen LogP contribution is 2.12. The van der Waals surface area contributed by atoms with E-state index >= 15 is 0 Å². The Morgan fingerprint density at radius 2 is 1.70 bits per heavy atom. The topological polar surface area (TPSA) is 77.5 Å². The molecule has 2 fully saturated rings. The molecule has 0 bridgehead atoms. The first-order chi connectivity index (χ1) is 14.3. The lowest BCUT2D eigenvalue weighted by Gasteiger charge is -2.36.